The molecule has 1 aliphatic rings. The molecule has 2 aromatic carbocycles. The number of nitrogens with zero attached hydrogens (tertiary/aromatic N) is 2. The van der Waals surface area contributed by atoms with Gasteiger partial charge in [0.2, 0.25) is 11.8 Å². The molecule has 5 nitrogen and oxygen atoms in total. The van der Waals surface area contributed by atoms with Crippen LogP contribution in [-0.4, -0.2) is 54.3 Å². The number of para-hydroxylation sites is 1. The predicted octanol–water partition coefficient (Wildman–Crippen LogP) is 3.28. The summed E-state index contributed by atoms with van der Waals surface area (Å²) in [6.07, 6.45) is 0.312. The lowest BCUT2D eigenvalue weighted by Gasteiger charge is -2.34. The highest BCUT2D eigenvalue weighted by Crippen LogP contribution is 2.20. The quantitative estimate of drug-likeness (QED) is 0.839. The lowest BCUT2D eigenvalue weighted by molar-refractivity contribution is -0.132. The zero-order valence-electron chi connectivity index (χ0n) is 16.4. The Morgan fingerprint density at radius 2 is 1.61 bits per heavy atom. The molecular formula is C22H26ClN3O2. The van der Waals surface area contributed by atoms with Crippen LogP contribution in [0.25, 0.3) is 0 Å². The van der Waals surface area contributed by atoms with E-state index in [0.29, 0.717) is 44.2 Å². The van der Waals surface area contributed by atoms with Crippen molar-refractivity contribution in [3.05, 3.63) is 64.2 Å². The van der Waals surface area contributed by atoms with Crippen molar-refractivity contribution in [2.75, 3.05) is 38.0 Å². The van der Waals surface area contributed by atoms with Gasteiger partial charge in [-0.2, -0.15) is 0 Å². The fraction of sp³-hybridized carbons (Fsp3) is 0.364. The molecule has 1 saturated heterocycles. The van der Waals surface area contributed by atoms with Gasteiger partial charge < -0.3 is 10.2 Å². The zero-order chi connectivity index (χ0) is 20.1. The summed E-state index contributed by atoms with van der Waals surface area (Å²) in [6.45, 7) is 6.95. The molecule has 0 radical (unpaired) electrons. The number of anilines is 1. The maximum absolute atomic E-state index is 12.5. The van der Waals surface area contributed by atoms with Gasteiger partial charge in [0.25, 0.3) is 0 Å². The molecule has 0 bridgehead atoms. The van der Waals surface area contributed by atoms with E-state index in [1.165, 1.54) is 0 Å². The maximum Gasteiger partial charge on any atom is 0.238 e. The zero-order valence-corrected chi connectivity index (χ0v) is 17.1. The van der Waals surface area contributed by atoms with Crippen LogP contribution >= 0.6 is 11.6 Å². The van der Waals surface area contributed by atoms with Crippen LogP contribution in [-0.2, 0) is 16.0 Å². The molecule has 6 heteroatoms. The Kier molecular flexibility index (Phi) is 6.70. The van der Waals surface area contributed by atoms with Crippen molar-refractivity contribution in [1.82, 2.24) is 9.80 Å². The van der Waals surface area contributed by atoms with E-state index >= 15 is 0 Å². The molecule has 0 aromatic heterocycles. The van der Waals surface area contributed by atoms with Crippen molar-refractivity contribution >= 4 is 29.1 Å². The van der Waals surface area contributed by atoms with Gasteiger partial charge in [0, 0.05) is 36.9 Å². The van der Waals surface area contributed by atoms with E-state index in [1.807, 2.05) is 55.1 Å². The minimum absolute atomic E-state index is 0.0201. The fourth-order valence-electron chi connectivity index (χ4n) is 3.47. The van der Waals surface area contributed by atoms with E-state index in [2.05, 4.69) is 10.2 Å². The normalized spacial score (nSPS) is 14.8. The Labute approximate surface area is 171 Å². The van der Waals surface area contributed by atoms with Crippen LogP contribution in [0.2, 0.25) is 5.02 Å². The number of amides is 2. The van der Waals surface area contributed by atoms with Crippen molar-refractivity contribution in [2.24, 2.45) is 0 Å². The summed E-state index contributed by atoms with van der Waals surface area (Å²) in [6, 6.07) is 13.4. The topological polar surface area (TPSA) is 52.7 Å². The highest BCUT2D eigenvalue weighted by Gasteiger charge is 2.23. The standard InChI is InChI=1S/C22H26ClN3O2/c1-16-6-5-7-17(2)22(16)24-20(27)15-25-10-12-26(13-11-25)21(28)14-18-8-3-4-9-19(18)23/h3-9H,10-15H2,1-2H3,(H,24,27). The highest BCUT2D eigenvalue weighted by molar-refractivity contribution is 6.31. The maximum atomic E-state index is 12.5. The van der Waals surface area contributed by atoms with Crippen LogP contribution in [0.1, 0.15) is 16.7 Å². The average Bonchev–Trinajstić information content (AvgIpc) is 2.67. The number of hydrogen-bond acceptors (Lipinski definition) is 3. The third-order valence-electron chi connectivity index (χ3n) is 5.14. The molecule has 1 N–H and O–H groups in total. The molecule has 0 aliphatic carbocycles. The fourth-order valence-corrected chi connectivity index (χ4v) is 3.67. The minimum Gasteiger partial charge on any atom is -0.340 e. The van der Waals surface area contributed by atoms with Crippen molar-refractivity contribution in [2.45, 2.75) is 20.3 Å². The van der Waals surface area contributed by atoms with Gasteiger partial charge in [0.1, 0.15) is 0 Å². The van der Waals surface area contributed by atoms with Crippen molar-refractivity contribution in [3.8, 4) is 0 Å². The summed E-state index contributed by atoms with van der Waals surface area (Å²) in [7, 11) is 0. The highest BCUT2D eigenvalue weighted by atomic mass is 35.5. The summed E-state index contributed by atoms with van der Waals surface area (Å²) in [5, 5.41) is 3.65. The second-order valence-electron chi connectivity index (χ2n) is 7.24. The number of hydrogen-bond donors (Lipinski definition) is 1. The molecular weight excluding hydrogens is 374 g/mol. The van der Waals surface area contributed by atoms with E-state index in [9.17, 15) is 9.59 Å². The molecule has 1 heterocycles. The van der Waals surface area contributed by atoms with Crippen molar-refractivity contribution in [3.63, 3.8) is 0 Å². The lowest BCUT2D eigenvalue weighted by Crippen LogP contribution is -2.50. The SMILES string of the molecule is Cc1cccc(C)c1NC(=O)CN1CCN(C(=O)Cc2ccccc2Cl)CC1. The van der Waals surface area contributed by atoms with Gasteiger partial charge in [-0.3, -0.25) is 14.5 Å². The van der Waals surface area contributed by atoms with Crippen molar-refractivity contribution in [1.29, 1.82) is 0 Å². The Bertz CT molecular complexity index is 840. The summed E-state index contributed by atoms with van der Waals surface area (Å²) < 4.78 is 0. The van der Waals surface area contributed by atoms with Gasteiger partial charge in [0.15, 0.2) is 0 Å². The van der Waals surface area contributed by atoms with Gasteiger partial charge in [-0.25, -0.2) is 0 Å². The van der Waals surface area contributed by atoms with Gasteiger partial charge in [-0.05, 0) is 36.6 Å². The molecule has 2 aromatic rings. The van der Waals surface area contributed by atoms with Crippen LogP contribution < -0.4 is 5.32 Å². The largest absolute Gasteiger partial charge is 0.340 e. The number of carbonyl (C=O) groups excluding carboxylic acids is 2. The molecule has 0 atom stereocenters. The number of piperazine rings is 1. The lowest BCUT2D eigenvalue weighted by atomic mass is 10.1. The monoisotopic (exact) mass is 399 g/mol. The van der Waals surface area contributed by atoms with Crippen LogP contribution in [0.3, 0.4) is 0 Å². The number of nitrogens with one attached hydrogen (secondary N) is 1. The van der Waals surface area contributed by atoms with Gasteiger partial charge in [0.05, 0.1) is 13.0 Å². The first kappa shape index (κ1) is 20.4. The van der Waals surface area contributed by atoms with E-state index in [1.54, 1.807) is 6.07 Å². The van der Waals surface area contributed by atoms with Crippen LogP contribution in [0.4, 0.5) is 5.69 Å². The molecule has 2 amide bonds. The summed E-state index contributed by atoms with van der Waals surface area (Å²) >= 11 is 6.15. The van der Waals surface area contributed by atoms with Gasteiger partial charge in [-0.15, -0.1) is 0 Å². The number of halogens is 1. The average molecular weight is 400 g/mol. The number of rotatable bonds is 5. The molecule has 148 valence electrons. The number of carbonyl (C=O) groups is 2. The first-order valence-electron chi connectivity index (χ1n) is 9.53. The number of aryl methyl sites for hydroxylation is 2. The second kappa shape index (κ2) is 9.22. The van der Waals surface area contributed by atoms with Gasteiger partial charge in [-0.1, -0.05) is 48.0 Å². The predicted molar refractivity (Wildman–Crippen MR) is 113 cm³/mol. The Morgan fingerprint density at radius 1 is 0.964 bits per heavy atom. The first-order chi connectivity index (χ1) is 13.4. The summed E-state index contributed by atoms with van der Waals surface area (Å²) in [5.41, 5.74) is 3.86. The first-order valence-corrected chi connectivity index (χ1v) is 9.91. The van der Waals surface area contributed by atoms with Crippen molar-refractivity contribution < 1.29 is 9.59 Å². The van der Waals surface area contributed by atoms with Crippen LogP contribution in [0.15, 0.2) is 42.5 Å². The van der Waals surface area contributed by atoms with E-state index in [0.717, 1.165) is 22.4 Å². The van der Waals surface area contributed by atoms with E-state index in [4.69, 9.17) is 11.6 Å². The molecule has 0 spiro atoms. The molecule has 1 fully saturated rings. The molecule has 0 saturated carbocycles. The minimum atomic E-state index is -0.0201. The third-order valence-corrected chi connectivity index (χ3v) is 5.51. The molecule has 0 unspecified atom stereocenters. The van der Waals surface area contributed by atoms with Crippen LogP contribution in [0, 0.1) is 13.8 Å². The molecule has 3 rings (SSSR count). The van der Waals surface area contributed by atoms with Gasteiger partial charge >= 0.3 is 0 Å². The molecule has 1 aliphatic heterocycles. The Balaban J connectivity index is 1.48. The van der Waals surface area contributed by atoms with E-state index in [-0.39, 0.29) is 11.8 Å². The molecule has 28 heavy (non-hydrogen) atoms. The smallest absolute Gasteiger partial charge is 0.238 e. The Hall–Kier alpha value is -2.37. The Morgan fingerprint density at radius 3 is 2.25 bits per heavy atom. The third kappa shape index (κ3) is 5.12. The number of benzene rings is 2. The second-order valence-corrected chi connectivity index (χ2v) is 7.65. The van der Waals surface area contributed by atoms with E-state index < -0.39 is 0 Å². The van der Waals surface area contributed by atoms with Crippen LogP contribution in [0.5, 0.6) is 0 Å². The summed E-state index contributed by atoms with van der Waals surface area (Å²) in [4.78, 5) is 28.9. The summed E-state index contributed by atoms with van der Waals surface area (Å²) in [5.74, 6) is 0.0565.